The summed E-state index contributed by atoms with van der Waals surface area (Å²) in [5, 5.41) is 0. The zero-order valence-electron chi connectivity index (χ0n) is 3.35. The van der Waals surface area contributed by atoms with E-state index in [1.807, 2.05) is 0 Å². The summed E-state index contributed by atoms with van der Waals surface area (Å²) in [4.78, 5) is 0. The monoisotopic (exact) mass is 362 g/mol. The van der Waals surface area contributed by atoms with Gasteiger partial charge >= 0.3 is 140 Å². The van der Waals surface area contributed by atoms with Gasteiger partial charge in [-0.3, -0.25) is 0 Å². The Kier molecular flexibility index (Phi) is 270. The first-order chi connectivity index (χ1) is 0. The van der Waals surface area contributed by atoms with Crippen molar-refractivity contribution in [3.63, 3.8) is 0 Å². The van der Waals surface area contributed by atoms with Gasteiger partial charge in [0.1, 0.15) is 0 Å². The van der Waals surface area contributed by atoms with Crippen molar-refractivity contribution < 1.29 is 16.4 Å². The second-order valence-corrected chi connectivity index (χ2v) is 0. The van der Waals surface area contributed by atoms with Crippen molar-refractivity contribution in [2.75, 3.05) is 0 Å². The molecule has 0 aliphatic carbocycles. The smallest absolute Gasteiger partial charge is 2.00 e. The Labute approximate surface area is 151 Å². The molecule has 0 saturated carbocycles. The van der Waals surface area contributed by atoms with Crippen LogP contribution >= 0.6 is 0 Å². The fraction of sp³-hybridized carbons (Fsp3) is 0. The molecule has 3 nitrogen and oxygen atoms in total. The molecular weight excluding hydrogens is 361 g/mol. The molecule has 0 radical (unpaired) electrons. The van der Waals surface area contributed by atoms with E-state index in [1.54, 1.807) is 0 Å². The molecule has 0 saturated heterocycles. The van der Waals surface area contributed by atoms with Crippen molar-refractivity contribution in [1.82, 2.24) is 0 Å². The Hall–Kier alpha value is 4.41. The molecule has 0 amide bonds. The largest absolute Gasteiger partial charge is 2.00 e. The Morgan fingerprint density at radius 1 is 0.500 bits per heavy atom. The maximum Gasteiger partial charge on any atom is 2.00 e. The summed E-state index contributed by atoms with van der Waals surface area (Å²) in [6.07, 6.45) is 0. The van der Waals surface area contributed by atoms with Crippen LogP contribution in [0.3, 0.4) is 0 Å². The summed E-state index contributed by atoms with van der Waals surface area (Å²) in [5.41, 5.74) is 0. The maximum atomic E-state index is 0. The summed E-state index contributed by atoms with van der Waals surface area (Å²) in [7, 11) is 0. The van der Waals surface area contributed by atoms with Crippen LogP contribution in [-0.4, -0.2) is 140 Å². The predicted molar refractivity (Wildman–Crippen MR) is 19.3 cm³/mol. The SMILES string of the molecule is [Ba+2].[O-2].[O-2].[O-2].[Sr+2].[Sr+2]. The van der Waals surface area contributed by atoms with Crippen molar-refractivity contribution in [3.8, 4) is 0 Å². The van der Waals surface area contributed by atoms with Gasteiger partial charge < -0.3 is 16.4 Å². The predicted octanol–water partition coefficient (Wildman–Crippen LogP) is -1.50. The third kappa shape index (κ3) is 23.7. The molecule has 0 N–H and O–H groups in total. The number of rotatable bonds is 0. The summed E-state index contributed by atoms with van der Waals surface area (Å²) in [6, 6.07) is 0. The molecule has 0 aliphatic rings. The first-order valence-corrected chi connectivity index (χ1v) is 0. The van der Waals surface area contributed by atoms with Gasteiger partial charge in [0.25, 0.3) is 0 Å². The fourth-order valence-electron chi connectivity index (χ4n) is 0. The van der Waals surface area contributed by atoms with Crippen LogP contribution in [-0.2, 0) is 16.4 Å². The molecule has 24 valence electrons. The van der Waals surface area contributed by atoms with Crippen LogP contribution in [0.2, 0.25) is 0 Å². The van der Waals surface area contributed by atoms with E-state index in [0.29, 0.717) is 0 Å². The van der Waals surface area contributed by atoms with Gasteiger partial charge in [-0.05, 0) is 0 Å². The van der Waals surface area contributed by atoms with Crippen LogP contribution in [0.5, 0.6) is 0 Å². The Morgan fingerprint density at radius 3 is 0.500 bits per heavy atom. The van der Waals surface area contributed by atoms with Crippen molar-refractivity contribution in [2.45, 2.75) is 0 Å². The van der Waals surface area contributed by atoms with Gasteiger partial charge in [0.2, 0.25) is 0 Å². The quantitative estimate of drug-likeness (QED) is 0.471. The summed E-state index contributed by atoms with van der Waals surface area (Å²) >= 11 is 0. The van der Waals surface area contributed by atoms with Crippen LogP contribution in [0.15, 0.2) is 0 Å². The average molecular weight is 361 g/mol. The molecule has 6 heavy (non-hydrogen) atoms. The van der Waals surface area contributed by atoms with E-state index in [0.717, 1.165) is 0 Å². The van der Waals surface area contributed by atoms with E-state index >= 15 is 0 Å². The third-order valence-electron chi connectivity index (χ3n) is 0. The molecule has 0 aromatic rings. The molecule has 0 fully saturated rings. The van der Waals surface area contributed by atoms with Crippen molar-refractivity contribution in [2.24, 2.45) is 0 Å². The number of hydrogen-bond donors (Lipinski definition) is 0. The minimum Gasteiger partial charge on any atom is -2.00 e. The molecule has 0 bridgehead atoms. The second-order valence-electron chi connectivity index (χ2n) is 0. The van der Waals surface area contributed by atoms with Crippen LogP contribution in [0.4, 0.5) is 0 Å². The van der Waals surface area contributed by atoms with Crippen LogP contribution in [0, 0.1) is 0 Å². The minimum absolute atomic E-state index is 0. The molecule has 0 heterocycles. The summed E-state index contributed by atoms with van der Waals surface area (Å²) in [5.74, 6) is 0. The van der Waals surface area contributed by atoms with Crippen LogP contribution in [0.25, 0.3) is 0 Å². The zero-order chi connectivity index (χ0) is 0. The van der Waals surface area contributed by atoms with Gasteiger partial charge in [0.15, 0.2) is 0 Å². The Balaban J connectivity index is 0. The first-order valence-electron chi connectivity index (χ1n) is 0. The van der Waals surface area contributed by atoms with E-state index < -0.39 is 0 Å². The van der Waals surface area contributed by atoms with Crippen molar-refractivity contribution in [1.29, 1.82) is 0 Å². The molecule has 0 unspecified atom stereocenters. The van der Waals surface area contributed by atoms with Gasteiger partial charge in [-0.15, -0.1) is 0 Å². The molecule has 0 spiro atoms. The fourth-order valence-corrected chi connectivity index (χ4v) is 0. The average Bonchev–Trinajstić information content (AvgIpc) is 0. The van der Waals surface area contributed by atoms with E-state index in [1.165, 1.54) is 0 Å². The topological polar surface area (TPSA) is 85.5 Å². The maximum absolute atomic E-state index is 0. The van der Waals surface area contributed by atoms with Crippen LogP contribution < -0.4 is 0 Å². The minimum atomic E-state index is 0. The molecular formula is BaO3Sr2. The first kappa shape index (κ1) is 47.4. The molecule has 0 rings (SSSR count). The molecule has 0 atom stereocenters. The summed E-state index contributed by atoms with van der Waals surface area (Å²) in [6.45, 7) is 0. The van der Waals surface area contributed by atoms with Gasteiger partial charge in [0.05, 0.1) is 0 Å². The van der Waals surface area contributed by atoms with Gasteiger partial charge in [-0.2, -0.15) is 0 Å². The van der Waals surface area contributed by atoms with Gasteiger partial charge in [-0.1, -0.05) is 0 Å². The van der Waals surface area contributed by atoms with Gasteiger partial charge in [-0.25, -0.2) is 0 Å². The zero-order valence-corrected chi connectivity index (χ0v) is 14.7. The van der Waals surface area contributed by atoms with E-state index in [-0.39, 0.29) is 156 Å². The molecule has 6 heteroatoms. The van der Waals surface area contributed by atoms with Crippen molar-refractivity contribution in [3.05, 3.63) is 0 Å². The van der Waals surface area contributed by atoms with E-state index in [9.17, 15) is 0 Å². The number of hydrogen-bond acceptors (Lipinski definition) is 0. The van der Waals surface area contributed by atoms with Gasteiger partial charge in [0, 0.05) is 0 Å². The summed E-state index contributed by atoms with van der Waals surface area (Å²) < 4.78 is 0. The van der Waals surface area contributed by atoms with Crippen LogP contribution in [0.1, 0.15) is 0 Å². The van der Waals surface area contributed by atoms with E-state index in [4.69, 9.17) is 0 Å². The normalized spacial score (nSPS) is 0. The van der Waals surface area contributed by atoms with Crippen molar-refractivity contribution >= 4 is 140 Å². The standard InChI is InChI=1S/Ba.3O.2Sr/q+2;3*-2;2*+2. The second kappa shape index (κ2) is 34.2. The molecule has 0 aromatic heterocycles. The Morgan fingerprint density at radius 2 is 0.500 bits per heavy atom. The molecule has 0 aliphatic heterocycles. The van der Waals surface area contributed by atoms with E-state index in [2.05, 4.69) is 0 Å². The molecule has 0 aromatic carbocycles. The Bertz CT molecular complexity index is 8.75. The third-order valence-corrected chi connectivity index (χ3v) is 0.